The van der Waals surface area contributed by atoms with Crippen LogP contribution in [-0.2, 0) is 22.6 Å². The van der Waals surface area contributed by atoms with Crippen LogP contribution in [0.15, 0.2) is 45.3 Å². The van der Waals surface area contributed by atoms with Gasteiger partial charge in [0.05, 0.1) is 24.6 Å². The highest BCUT2D eigenvalue weighted by molar-refractivity contribution is 9.10. The molecule has 142 valence electrons. The van der Waals surface area contributed by atoms with E-state index in [0.29, 0.717) is 39.1 Å². The van der Waals surface area contributed by atoms with Gasteiger partial charge < -0.3 is 18.6 Å². The van der Waals surface area contributed by atoms with Crippen LogP contribution in [0.4, 0.5) is 4.39 Å². The molecule has 0 radical (unpaired) electrons. The third-order valence-electron chi connectivity index (χ3n) is 3.91. The standard InChI is InChI=1S/C20H18BrFO5/c1-3-25-19(23)9-13-4-5-15(24-2)10-17(13)26-11-12-6-14-8-18(22)27-20(14)16(21)7-12/h4-8,10H,3,9,11H2,1-2H3. The number of carbonyl (C=O) groups is 1. The second-order valence-electron chi connectivity index (χ2n) is 5.79. The molecule has 0 fully saturated rings. The number of rotatable bonds is 7. The summed E-state index contributed by atoms with van der Waals surface area (Å²) in [4.78, 5) is 11.8. The van der Waals surface area contributed by atoms with Gasteiger partial charge in [0.25, 0.3) is 6.01 Å². The Kier molecular flexibility index (Phi) is 6.01. The highest BCUT2D eigenvalue weighted by atomic mass is 79.9. The van der Waals surface area contributed by atoms with Crippen molar-refractivity contribution in [3.8, 4) is 11.5 Å². The van der Waals surface area contributed by atoms with Crippen molar-refractivity contribution >= 4 is 32.9 Å². The number of methoxy groups -OCH3 is 1. The largest absolute Gasteiger partial charge is 0.497 e. The van der Waals surface area contributed by atoms with E-state index in [2.05, 4.69) is 15.9 Å². The van der Waals surface area contributed by atoms with Gasteiger partial charge in [-0.25, -0.2) is 0 Å². The molecular weight excluding hydrogens is 419 g/mol. The molecule has 1 aromatic heterocycles. The summed E-state index contributed by atoms with van der Waals surface area (Å²) in [6.07, 6.45) is 0.100. The average molecular weight is 437 g/mol. The first kappa shape index (κ1) is 19.2. The zero-order valence-electron chi connectivity index (χ0n) is 14.9. The van der Waals surface area contributed by atoms with E-state index < -0.39 is 6.01 Å². The third-order valence-corrected chi connectivity index (χ3v) is 4.50. The second kappa shape index (κ2) is 8.43. The number of hydrogen-bond donors (Lipinski definition) is 0. The zero-order valence-corrected chi connectivity index (χ0v) is 16.5. The smallest absolute Gasteiger partial charge is 0.310 e. The lowest BCUT2D eigenvalue weighted by Gasteiger charge is -2.13. The van der Waals surface area contributed by atoms with Gasteiger partial charge in [0, 0.05) is 23.1 Å². The molecule has 3 rings (SSSR count). The minimum atomic E-state index is -0.645. The molecular formula is C20H18BrFO5. The molecule has 7 heteroatoms. The highest BCUT2D eigenvalue weighted by Gasteiger charge is 2.13. The highest BCUT2D eigenvalue weighted by Crippen LogP contribution is 2.30. The van der Waals surface area contributed by atoms with E-state index >= 15 is 0 Å². The van der Waals surface area contributed by atoms with Gasteiger partial charge in [-0.3, -0.25) is 4.79 Å². The van der Waals surface area contributed by atoms with Crippen molar-refractivity contribution in [1.82, 2.24) is 0 Å². The Labute approximate surface area is 164 Å². The van der Waals surface area contributed by atoms with Gasteiger partial charge in [-0.1, -0.05) is 6.07 Å². The average Bonchev–Trinajstić information content (AvgIpc) is 3.02. The Morgan fingerprint density at radius 2 is 2.04 bits per heavy atom. The van der Waals surface area contributed by atoms with Crippen molar-refractivity contribution < 1.29 is 27.8 Å². The van der Waals surface area contributed by atoms with Crippen LogP contribution < -0.4 is 9.47 Å². The van der Waals surface area contributed by atoms with Crippen LogP contribution in [0.5, 0.6) is 11.5 Å². The van der Waals surface area contributed by atoms with Crippen LogP contribution in [0.2, 0.25) is 0 Å². The molecule has 0 spiro atoms. The number of benzene rings is 2. The first-order valence-electron chi connectivity index (χ1n) is 8.33. The molecule has 0 unspecified atom stereocenters. The van der Waals surface area contributed by atoms with Gasteiger partial charge >= 0.3 is 5.97 Å². The minimum Gasteiger partial charge on any atom is -0.497 e. The van der Waals surface area contributed by atoms with Crippen LogP contribution >= 0.6 is 15.9 Å². The molecule has 27 heavy (non-hydrogen) atoms. The summed E-state index contributed by atoms with van der Waals surface area (Å²) >= 11 is 3.38. The fourth-order valence-corrected chi connectivity index (χ4v) is 3.30. The zero-order chi connectivity index (χ0) is 19.4. The minimum absolute atomic E-state index is 0.100. The number of carbonyl (C=O) groups excluding carboxylic acids is 1. The summed E-state index contributed by atoms with van der Waals surface area (Å²) in [7, 11) is 1.56. The maximum absolute atomic E-state index is 13.3. The van der Waals surface area contributed by atoms with Gasteiger partial charge in [-0.15, -0.1) is 0 Å². The summed E-state index contributed by atoms with van der Waals surface area (Å²) in [5.41, 5.74) is 1.96. The fraction of sp³-hybridized carbons (Fsp3) is 0.250. The van der Waals surface area contributed by atoms with Crippen molar-refractivity contribution in [1.29, 1.82) is 0 Å². The van der Waals surface area contributed by atoms with Gasteiger partial charge in [0.2, 0.25) is 0 Å². The normalized spacial score (nSPS) is 10.8. The van der Waals surface area contributed by atoms with E-state index in [9.17, 15) is 9.18 Å². The van der Waals surface area contributed by atoms with Crippen molar-refractivity contribution in [3.05, 3.63) is 58.0 Å². The van der Waals surface area contributed by atoms with Crippen LogP contribution in [0, 0.1) is 6.01 Å². The van der Waals surface area contributed by atoms with E-state index in [1.807, 2.05) is 0 Å². The van der Waals surface area contributed by atoms with Gasteiger partial charge in [-0.05, 0) is 46.6 Å². The van der Waals surface area contributed by atoms with Crippen molar-refractivity contribution in [3.63, 3.8) is 0 Å². The van der Waals surface area contributed by atoms with E-state index in [1.54, 1.807) is 44.4 Å². The molecule has 5 nitrogen and oxygen atoms in total. The van der Waals surface area contributed by atoms with Crippen LogP contribution in [0.1, 0.15) is 18.1 Å². The lowest BCUT2D eigenvalue weighted by atomic mass is 10.1. The summed E-state index contributed by atoms with van der Waals surface area (Å²) in [5.74, 6) is 0.814. The topological polar surface area (TPSA) is 57.9 Å². The Balaban J connectivity index is 1.82. The summed E-state index contributed by atoms with van der Waals surface area (Å²) in [5, 5.41) is 0.637. The SMILES string of the molecule is CCOC(=O)Cc1ccc(OC)cc1OCc1cc(Br)c2oc(F)cc2c1. The van der Waals surface area contributed by atoms with E-state index in [4.69, 9.17) is 18.6 Å². The number of halogens is 2. The van der Waals surface area contributed by atoms with Crippen LogP contribution in [-0.4, -0.2) is 19.7 Å². The lowest BCUT2D eigenvalue weighted by molar-refractivity contribution is -0.142. The van der Waals surface area contributed by atoms with Crippen LogP contribution in [0.25, 0.3) is 11.0 Å². The predicted octanol–water partition coefficient (Wildman–Crippen LogP) is 5.03. The Hall–Kier alpha value is -2.54. The summed E-state index contributed by atoms with van der Waals surface area (Å²) in [6.45, 7) is 2.31. The summed E-state index contributed by atoms with van der Waals surface area (Å²) in [6, 6.07) is 9.52. The molecule has 0 bridgehead atoms. The van der Waals surface area contributed by atoms with E-state index in [0.717, 1.165) is 5.56 Å². The van der Waals surface area contributed by atoms with Gasteiger partial charge in [0.1, 0.15) is 18.1 Å². The number of fused-ring (bicyclic) bond motifs is 1. The first-order chi connectivity index (χ1) is 13.0. The Morgan fingerprint density at radius 1 is 1.22 bits per heavy atom. The van der Waals surface area contributed by atoms with E-state index in [-0.39, 0.29) is 19.0 Å². The van der Waals surface area contributed by atoms with Crippen LogP contribution in [0.3, 0.4) is 0 Å². The fourth-order valence-electron chi connectivity index (χ4n) is 2.69. The molecule has 0 saturated heterocycles. The molecule has 0 amide bonds. The van der Waals surface area contributed by atoms with Crippen molar-refractivity contribution in [2.24, 2.45) is 0 Å². The van der Waals surface area contributed by atoms with E-state index in [1.165, 1.54) is 6.07 Å². The predicted molar refractivity (Wildman–Crippen MR) is 102 cm³/mol. The number of ether oxygens (including phenoxy) is 3. The molecule has 0 aliphatic rings. The molecule has 2 aromatic carbocycles. The number of furan rings is 1. The lowest BCUT2D eigenvalue weighted by Crippen LogP contribution is -2.09. The third kappa shape index (κ3) is 4.60. The molecule has 0 aliphatic carbocycles. The van der Waals surface area contributed by atoms with Crippen molar-refractivity contribution in [2.45, 2.75) is 20.0 Å². The monoisotopic (exact) mass is 436 g/mol. The molecule has 0 atom stereocenters. The van der Waals surface area contributed by atoms with Crippen molar-refractivity contribution in [2.75, 3.05) is 13.7 Å². The van der Waals surface area contributed by atoms with Gasteiger partial charge in [-0.2, -0.15) is 4.39 Å². The molecule has 0 aliphatic heterocycles. The molecule has 0 N–H and O–H groups in total. The maximum atomic E-state index is 13.3. The number of esters is 1. The summed E-state index contributed by atoms with van der Waals surface area (Å²) < 4.78 is 35.1. The molecule has 3 aromatic rings. The number of hydrogen-bond acceptors (Lipinski definition) is 5. The first-order valence-corrected chi connectivity index (χ1v) is 9.12. The Bertz CT molecular complexity index is 966. The quantitative estimate of drug-likeness (QED) is 0.486. The maximum Gasteiger partial charge on any atom is 0.310 e. The molecule has 0 saturated carbocycles. The van der Waals surface area contributed by atoms with Gasteiger partial charge in [0.15, 0.2) is 5.58 Å². The second-order valence-corrected chi connectivity index (χ2v) is 6.64. The Morgan fingerprint density at radius 3 is 2.78 bits per heavy atom. The molecule has 1 heterocycles.